The van der Waals surface area contributed by atoms with Crippen LogP contribution in [-0.4, -0.2) is 0 Å². The van der Waals surface area contributed by atoms with E-state index in [1.165, 1.54) is 18.2 Å². The van der Waals surface area contributed by atoms with Gasteiger partial charge in [-0.2, -0.15) is 0 Å². The highest BCUT2D eigenvalue weighted by atomic mass is 35.5. The molecule has 5 heteroatoms. The SMILES string of the molecule is Fc1ccc(NCc2cccc(F)c2Cl)cc1F. The predicted molar refractivity (Wildman–Crippen MR) is 65.1 cm³/mol. The summed E-state index contributed by atoms with van der Waals surface area (Å²) in [5.74, 6) is -2.36. The van der Waals surface area contributed by atoms with Crippen molar-refractivity contribution in [3.63, 3.8) is 0 Å². The molecule has 0 aliphatic rings. The second kappa shape index (κ2) is 5.31. The van der Waals surface area contributed by atoms with E-state index in [1.54, 1.807) is 6.07 Å². The Kier molecular flexibility index (Phi) is 3.77. The van der Waals surface area contributed by atoms with Gasteiger partial charge in [-0.25, -0.2) is 13.2 Å². The largest absolute Gasteiger partial charge is 0.381 e. The summed E-state index contributed by atoms with van der Waals surface area (Å²) < 4.78 is 38.8. The third-order valence-corrected chi connectivity index (χ3v) is 2.86. The van der Waals surface area contributed by atoms with Gasteiger partial charge in [-0.1, -0.05) is 23.7 Å². The normalized spacial score (nSPS) is 10.4. The first-order chi connectivity index (χ1) is 8.58. The van der Waals surface area contributed by atoms with Crippen molar-refractivity contribution in [3.05, 3.63) is 64.4 Å². The van der Waals surface area contributed by atoms with Gasteiger partial charge in [0.2, 0.25) is 0 Å². The van der Waals surface area contributed by atoms with E-state index in [0.29, 0.717) is 11.3 Å². The van der Waals surface area contributed by atoms with Gasteiger partial charge >= 0.3 is 0 Å². The van der Waals surface area contributed by atoms with Crippen LogP contribution in [0.25, 0.3) is 0 Å². The molecule has 0 saturated carbocycles. The van der Waals surface area contributed by atoms with Crippen molar-refractivity contribution in [3.8, 4) is 0 Å². The average molecular weight is 272 g/mol. The van der Waals surface area contributed by atoms with Crippen LogP contribution >= 0.6 is 11.6 Å². The zero-order valence-electron chi connectivity index (χ0n) is 9.18. The highest BCUT2D eigenvalue weighted by Crippen LogP contribution is 2.21. The molecule has 0 spiro atoms. The molecule has 0 atom stereocenters. The molecular formula is C13H9ClF3N. The van der Waals surface area contributed by atoms with E-state index in [-0.39, 0.29) is 11.6 Å². The van der Waals surface area contributed by atoms with Gasteiger partial charge in [0, 0.05) is 18.3 Å². The maximum atomic E-state index is 13.2. The minimum Gasteiger partial charge on any atom is -0.381 e. The summed E-state index contributed by atoms with van der Waals surface area (Å²) in [4.78, 5) is 0. The first-order valence-electron chi connectivity index (χ1n) is 5.20. The Morgan fingerprint density at radius 1 is 0.944 bits per heavy atom. The molecule has 94 valence electrons. The molecule has 2 aromatic rings. The van der Waals surface area contributed by atoms with Gasteiger partial charge in [-0.05, 0) is 23.8 Å². The molecule has 0 aromatic heterocycles. The van der Waals surface area contributed by atoms with Crippen LogP contribution in [0.1, 0.15) is 5.56 Å². The molecule has 0 amide bonds. The molecule has 1 N–H and O–H groups in total. The monoisotopic (exact) mass is 271 g/mol. The maximum Gasteiger partial charge on any atom is 0.160 e. The molecule has 0 bridgehead atoms. The zero-order chi connectivity index (χ0) is 13.1. The van der Waals surface area contributed by atoms with Gasteiger partial charge in [-0.15, -0.1) is 0 Å². The predicted octanol–water partition coefficient (Wildman–Crippen LogP) is 4.37. The van der Waals surface area contributed by atoms with E-state index in [4.69, 9.17) is 11.6 Å². The fourth-order valence-corrected chi connectivity index (χ4v) is 1.68. The molecular weight excluding hydrogens is 263 g/mol. The van der Waals surface area contributed by atoms with Crippen LogP contribution in [0.2, 0.25) is 5.02 Å². The van der Waals surface area contributed by atoms with Gasteiger partial charge in [0.15, 0.2) is 11.6 Å². The van der Waals surface area contributed by atoms with Crippen molar-refractivity contribution in [2.24, 2.45) is 0 Å². The minimum absolute atomic E-state index is 0.0209. The molecule has 0 heterocycles. The number of anilines is 1. The fourth-order valence-electron chi connectivity index (χ4n) is 1.49. The smallest absolute Gasteiger partial charge is 0.160 e. The van der Waals surface area contributed by atoms with Crippen LogP contribution < -0.4 is 5.32 Å². The molecule has 2 aromatic carbocycles. The first kappa shape index (κ1) is 12.8. The topological polar surface area (TPSA) is 12.0 Å². The number of hydrogen-bond acceptors (Lipinski definition) is 1. The van der Waals surface area contributed by atoms with Crippen LogP contribution in [0.4, 0.5) is 18.9 Å². The maximum absolute atomic E-state index is 13.2. The minimum atomic E-state index is -0.940. The third kappa shape index (κ3) is 2.76. The third-order valence-electron chi connectivity index (χ3n) is 2.43. The van der Waals surface area contributed by atoms with Crippen LogP contribution in [-0.2, 0) is 6.54 Å². The Morgan fingerprint density at radius 3 is 2.44 bits per heavy atom. The zero-order valence-corrected chi connectivity index (χ0v) is 9.94. The molecule has 1 nitrogen and oxygen atoms in total. The van der Waals surface area contributed by atoms with E-state index in [9.17, 15) is 13.2 Å². The summed E-state index contributed by atoms with van der Waals surface area (Å²) in [5.41, 5.74) is 0.940. The van der Waals surface area contributed by atoms with E-state index in [1.807, 2.05) is 0 Å². The Labute approximate surface area is 107 Å². The van der Waals surface area contributed by atoms with Crippen molar-refractivity contribution in [2.45, 2.75) is 6.54 Å². The fraction of sp³-hybridized carbons (Fsp3) is 0.0769. The lowest BCUT2D eigenvalue weighted by Gasteiger charge is -2.08. The number of hydrogen-bond donors (Lipinski definition) is 1. The highest BCUT2D eigenvalue weighted by molar-refractivity contribution is 6.31. The lowest BCUT2D eigenvalue weighted by atomic mass is 10.2. The first-order valence-corrected chi connectivity index (χ1v) is 5.57. The molecule has 0 saturated heterocycles. The molecule has 18 heavy (non-hydrogen) atoms. The molecule has 0 radical (unpaired) electrons. The molecule has 0 aliphatic heterocycles. The summed E-state index contributed by atoms with van der Waals surface area (Å²) in [6.07, 6.45) is 0. The van der Waals surface area contributed by atoms with E-state index < -0.39 is 17.5 Å². The number of nitrogens with one attached hydrogen (secondary N) is 1. The second-order valence-corrected chi connectivity index (χ2v) is 4.07. The summed E-state index contributed by atoms with van der Waals surface area (Å²) in [6.45, 7) is 0.224. The standard InChI is InChI=1S/C13H9ClF3N/c14-13-8(2-1-3-11(13)16)7-18-9-4-5-10(15)12(17)6-9/h1-6,18H,7H2. The van der Waals surface area contributed by atoms with E-state index in [2.05, 4.69) is 5.32 Å². The van der Waals surface area contributed by atoms with Crippen molar-refractivity contribution < 1.29 is 13.2 Å². The van der Waals surface area contributed by atoms with E-state index in [0.717, 1.165) is 12.1 Å². The summed E-state index contributed by atoms with van der Waals surface area (Å²) in [6, 6.07) is 7.88. The number of halogens is 4. The Hall–Kier alpha value is -1.68. The molecule has 0 fully saturated rings. The lowest BCUT2D eigenvalue weighted by molar-refractivity contribution is 0.509. The summed E-state index contributed by atoms with van der Waals surface area (Å²) >= 11 is 5.77. The van der Waals surface area contributed by atoms with E-state index >= 15 is 0 Å². The lowest BCUT2D eigenvalue weighted by Crippen LogP contribution is -2.01. The van der Waals surface area contributed by atoms with Crippen molar-refractivity contribution in [1.29, 1.82) is 0 Å². The Morgan fingerprint density at radius 2 is 1.72 bits per heavy atom. The van der Waals surface area contributed by atoms with Crippen molar-refractivity contribution >= 4 is 17.3 Å². The van der Waals surface area contributed by atoms with Crippen molar-refractivity contribution in [2.75, 3.05) is 5.32 Å². The van der Waals surface area contributed by atoms with Crippen LogP contribution in [0, 0.1) is 17.5 Å². The van der Waals surface area contributed by atoms with Crippen LogP contribution in [0.15, 0.2) is 36.4 Å². The number of rotatable bonds is 3. The van der Waals surface area contributed by atoms with Crippen molar-refractivity contribution in [1.82, 2.24) is 0 Å². The summed E-state index contributed by atoms with van der Waals surface area (Å²) in [5, 5.41) is 2.86. The number of benzene rings is 2. The quantitative estimate of drug-likeness (QED) is 0.874. The Balaban J connectivity index is 2.11. The summed E-state index contributed by atoms with van der Waals surface area (Å²) in [7, 11) is 0. The van der Waals surface area contributed by atoms with Gasteiger partial charge in [0.05, 0.1) is 5.02 Å². The van der Waals surface area contributed by atoms with Gasteiger partial charge in [0.1, 0.15) is 5.82 Å². The average Bonchev–Trinajstić information content (AvgIpc) is 2.35. The highest BCUT2D eigenvalue weighted by Gasteiger charge is 2.06. The molecule has 0 aliphatic carbocycles. The van der Waals surface area contributed by atoms with Gasteiger partial charge in [-0.3, -0.25) is 0 Å². The van der Waals surface area contributed by atoms with Gasteiger partial charge in [0.25, 0.3) is 0 Å². The van der Waals surface area contributed by atoms with Gasteiger partial charge < -0.3 is 5.32 Å². The molecule has 2 rings (SSSR count). The Bertz CT molecular complexity index is 572. The second-order valence-electron chi connectivity index (χ2n) is 3.70. The van der Waals surface area contributed by atoms with Crippen LogP contribution in [0.5, 0.6) is 0 Å². The van der Waals surface area contributed by atoms with Crippen LogP contribution in [0.3, 0.4) is 0 Å². The molecule has 0 unspecified atom stereocenters.